The summed E-state index contributed by atoms with van der Waals surface area (Å²) >= 11 is 0. The Morgan fingerprint density at radius 1 is 1.08 bits per heavy atom. The van der Waals surface area contributed by atoms with Gasteiger partial charge in [-0.25, -0.2) is 4.98 Å². The SMILES string of the molecule is CCCn1c(=O)c2c(nc(CC)n2C)n2nc(Cc3ccccc3)nc12. The molecule has 7 nitrogen and oxygen atoms in total. The Hall–Kier alpha value is -2.96. The van der Waals surface area contributed by atoms with Gasteiger partial charge in [-0.15, -0.1) is 5.10 Å². The minimum Gasteiger partial charge on any atom is -0.325 e. The Bertz CT molecular complexity index is 1140. The highest BCUT2D eigenvalue weighted by Crippen LogP contribution is 2.15. The molecule has 7 heteroatoms. The van der Waals surface area contributed by atoms with Crippen LogP contribution in [0, 0.1) is 0 Å². The average molecular weight is 350 g/mol. The summed E-state index contributed by atoms with van der Waals surface area (Å²) in [5, 5.41) is 4.68. The Balaban J connectivity index is 1.98. The average Bonchev–Trinajstić information content (AvgIpc) is 3.20. The summed E-state index contributed by atoms with van der Waals surface area (Å²) in [4.78, 5) is 22.4. The van der Waals surface area contributed by atoms with E-state index in [4.69, 9.17) is 0 Å². The van der Waals surface area contributed by atoms with Crippen molar-refractivity contribution in [3.63, 3.8) is 0 Å². The lowest BCUT2D eigenvalue weighted by molar-refractivity contribution is 0.656. The smallest absolute Gasteiger partial charge is 0.281 e. The van der Waals surface area contributed by atoms with Crippen molar-refractivity contribution in [3.05, 3.63) is 57.9 Å². The summed E-state index contributed by atoms with van der Waals surface area (Å²) in [6, 6.07) is 10.1. The molecule has 0 bridgehead atoms. The number of nitrogens with zero attached hydrogens (tertiary/aromatic N) is 6. The third-order valence-electron chi connectivity index (χ3n) is 4.66. The number of hydrogen-bond acceptors (Lipinski definition) is 4. The second-order valence-corrected chi connectivity index (χ2v) is 6.47. The van der Waals surface area contributed by atoms with E-state index >= 15 is 0 Å². The Morgan fingerprint density at radius 2 is 1.85 bits per heavy atom. The second-order valence-electron chi connectivity index (χ2n) is 6.47. The summed E-state index contributed by atoms with van der Waals surface area (Å²) < 4.78 is 5.32. The second kappa shape index (κ2) is 6.40. The number of rotatable bonds is 5. The first kappa shape index (κ1) is 16.5. The van der Waals surface area contributed by atoms with Gasteiger partial charge in [0.2, 0.25) is 5.78 Å². The zero-order valence-electron chi connectivity index (χ0n) is 15.3. The lowest BCUT2D eigenvalue weighted by Crippen LogP contribution is -2.24. The Kier molecular flexibility index (Phi) is 4.06. The van der Waals surface area contributed by atoms with Crippen LogP contribution in [-0.2, 0) is 26.4 Å². The van der Waals surface area contributed by atoms with Gasteiger partial charge in [0.05, 0.1) is 0 Å². The number of imidazole rings is 1. The minimum atomic E-state index is -0.0530. The molecule has 4 rings (SSSR count). The quantitative estimate of drug-likeness (QED) is 0.554. The molecule has 0 spiro atoms. The van der Waals surface area contributed by atoms with Crippen molar-refractivity contribution in [2.24, 2.45) is 7.05 Å². The third kappa shape index (κ3) is 2.51. The number of fused-ring (bicyclic) bond motifs is 3. The molecule has 0 unspecified atom stereocenters. The molecule has 134 valence electrons. The topological polar surface area (TPSA) is 70.0 Å². The molecule has 3 heterocycles. The van der Waals surface area contributed by atoms with Crippen molar-refractivity contribution in [3.8, 4) is 0 Å². The van der Waals surface area contributed by atoms with Crippen LogP contribution in [-0.4, -0.2) is 28.7 Å². The van der Waals surface area contributed by atoms with Crippen LogP contribution >= 0.6 is 0 Å². The molecule has 0 saturated carbocycles. The maximum atomic E-state index is 13.1. The summed E-state index contributed by atoms with van der Waals surface area (Å²) in [5.74, 6) is 2.13. The molecule has 1 aromatic carbocycles. The van der Waals surface area contributed by atoms with Gasteiger partial charge in [-0.3, -0.25) is 9.36 Å². The van der Waals surface area contributed by atoms with Gasteiger partial charge >= 0.3 is 0 Å². The van der Waals surface area contributed by atoms with E-state index in [1.54, 1.807) is 9.08 Å². The zero-order chi connectivity index (χ0) is 18.3. The van der Waals surface area contributed by atoms with E-state index in [2.05, 4.69) is 34.1 Å². The fourth-order valence-electron chi connectivity index (χ4n) is 3.39. The minimum absolute atomic E-state index is 0.0530. The standard InChI is InChI=1S/C19H22N6O/c1-4-11-24-18(26)16-17(21-15(5-2)23(16)3)25-19(24)20-14(22-25)12-13-9-7-6-8-10-13/h6-10H,4-5,11-12H2,1-3H3. The van der Waals surface area contributed by atoms with Gasteiger partial charge < -0.3 is 4.57 Å². The van der Waals surface area contributed by atoms with Crippen molar-refractivity contribution in [2.75, 3.05) is 0 Å². The largest absolute Gasteiger partial charge is 0.325 e. The molecule has 0 amide bonds. The van der Waals surface area contributed by atoms with Crippen LogP contribution in [0.5, 0.6) is 0 Å². The zero-order valence-corrected chi connectivity index (χ0v) is 15.3. The Labute approximate surface area is 150 Å². The van der Waals surface area contributed by atoms with Crippen LogP contribution in [0.25, 0.3) is 16.9 Å². The molecule has 0 fully saturated rings. The molecule has 0 saturated heterocycles. The molecule has 0 atom stereocenters. The van der Waals surface area contributed by atoms with E-state index < -0.39 is 0 Å². The Morgan fingerprint density at radius 3 is 2.54 bits per heavy atom. The predicted octanol–water partition coefficient (Wildman–Crippen LogP) is 2.34. The molecule has 26 heavy (non-hydrogen) atoms. The maximum Gasteiger partial charge on any atom is 0.281 e. The van der Waals surface area contributed by atoms with Crippen molar-refractivity contribution >= 4 is 16.9 Å². The summed E-state index contributed by atoms with van der Waals surface area (Å²) in [6.45, 7) is 4.69. The van der Waals surface area contributed by atoms with Crippen LogP contribution < -0.4 is 5.56 Å². The lowest BCUT2D eigenvalue weighted by atomic mass is 10.1. The molecular weight excluding hydrogens is 328 g/mol. The first-order valence-electron chi connectivity index (χ1n) is 9.01. The van der Waals surface area contributed by atoms with Gasteiger partial charge in [-0.1, -0.05) is 44.2 Å². The van der Waals surface area contributed by atoms with Gasteiger partial charge in [-0.2, -0.15) is 9.50 Å². The molecule has 0 radical (unpaired) electrons. The van der Waals surface area contributed by atoms with Gasteiger partial charge in [0.1, 0.15) is 5.82 Å². The number of hydrogen-bond donors (Lipinski definition) is 0. The van der Waals surface area contributed by atoms with Crippen molar-refractivity contribution < 1.29 is 0 Å². The highest BCUT2D eigenvalue weighted by Gasteiger charge is 2.20. The number of aryl methyl sites for hydroxylation is 3. The molecule has 0 aliphatic rings. The highest BCUT2D eigenvalue weighted by atomic mass is 16.1. The van der Waals surface area contributed by atoms with Crippen molar-refractivity contribution in [1.29, 1.82) is 0 Å². The fraction of sp³-hybridized carbons (Fsp3) is 0.368. The summed E-state index contributed by atoms with van der Waals surface area (Å²) in [6.07, 6.45) is 2.23. The maximum absolute atomic E-state index is 13.1. The summed E-state index contributed by atoms with van der Waals surface area (Å²) in [5.41, 5.74) is 2.25. The van der Waals surface area contributed by atoms with E-state index in [9.17, 15) is 4.79 Å². The van der Waals surface area contributed by atoms with Crippen molar-refractivity contribution in [1.82, 2.24) is 28.7 Å². The fourth-order valence-corrected chi connectivity index (χ4v) is 3.39. The van der Waals surface area contributed by atoms with E-state index in [0.29, 0.717) is 35.7 Å². The van der Waals surface area contributed by atoms with Crippen LogP contribution in [0.1, 0.15) is 37.5 Å². The van der Waals surface area contributed by atoms with Gasteiger partial charge in [-0.05, 0) is 12.0 Å². The van der Waals surface area contributed by atoms with E-state index in [-0.39, 0.29) is 5.56 Å². The monoisotopic (exact) mass is 350 g/mol. The van der Waals surface area contributed by atoms with E-state index in [1.165, 1.54) is 0 Å². The first-order chi connectivity index (χ1) is 12.6. The molecule has 4 aromatic rings. The van der Waals surface area contributed by atoms with E-state index in [1.807, 2.05) is 36.7 Å². The van der Waals surface area contributed by atoms with Gasteiger partial charge in [0, 0.05) is 26.4 Å². The van der Waals surface area contributed by atoms with Crippen molar-refractivity contribution in [2.45, 2.75) is 39.7 Å². The molecule has 3 aromatic heterocycles. The van der Waals surface area contributed by atoms with Crippen LogP contribution in [0.2, 0.25) is 0 Å². The van der Waals surface area contributed by atoms with Crippen LogP contribution in [0.15, 0.2) is 35.1 Å². The number of aromatic nitrogens is 6. The van der Waals surface area contributed by atoms with Gasteiger partial charge in [0.15, 0.2) is 17.0 Å². The lowest BCUT2D eigenvalue weighted by Gasteiger charge is -2.06. The number of benzene rings is 1. The predicted molar refractivity (Wildman–Crippen MR) is 100 cm³/mol. The highest BCUT2D eigenvalue weighted by molar-refractivity contribution is 5.73. The normalized spacial score (nSPS) is 11.7. The molecule has 0 aliphatic heterocycles. The third-order valence-corrected chi connectivity index (χ3v) is 4.66. The van der Waals surface area contributed by atoms with Crippen LogP contribution in [0.4, 0.5) is 0 Å². The summed E-state index contributed by atoms with van der Waals surface area (Å²) in [7, 11) is 1.89. The first-order valence-corrected chi connectivity index (χ1v) is 9.01. The van der Waals surface area contributed by atoms with Crippen LogP contribution in [0.3, 0.4) is 0 Å². The molecule has 0 aliphatic carbocycles. The van der Waals surface area contributed by atoms with E-state index in [0.717, 1.165) is 24.2 Å². The van der Waals surface area contributed by atoms with Gasteiger partial charge in [0.25, 0.3) is 5.56 Å². The molecular formula is C19H22N6O. The molecule has 0 N–H and O–H groups in total.